The van der Waals surface area contributed by atoms with Gasteiger partial charge in [0.25, 0.3) is 0 Å². The lowest BCUT2D eigenvalue weighted by Crippen LogP contribution is -2.36. The molecule has 0 bridgehead atoms. The van der Waals surface area contributed by atoms with E-state index in [4.69, 9.17) is 0 Å². The third-order valence-corrected chi connectivity index (χ3v) is 4.26. The average Bonchev–Trinajstić information content (AvgIpc) is 2.40. The molecule has 0 amide bonds. The normalized spacial score (nSPS) is 20.6. The minimum atomic E-state index is 0.339. The van der Waals surface area contributed by atoms with Gasteiger partial charge in [-0.3, -0.25) is 0 Å². The number of hydrogen-bond donors (Lipinski definition) is 2. The van der Waals surface area contributed by atoms with Crippen molar-refractivity contribution < 1.29 is 5.11 Å². The fourth-order valence-corrected chi connectivity index (χ4v) is 3.02. The van der Waals surface area contributed by atoms with Gasteiger partial charge in [0, 0.05) is 12.1 Å². The van der Waals surface area contributed by atoms with Gasteiger partial charge in [0.1, 0.15) is 5.75 Å². The van der Waals surface area contributed by atoms with Crippen molar-refractivity contribution >= 4 is 0 Å². The zero-order chi connectivity index (χ0) is 13.0. The van der Waals surface area contributed by atoms with Crippen LogP contribution < -0.4 is 5.32 Å². The van der Waals surface area contributed by atoms with Gasteiger partial charge in [-0.25, -0.2) is 0 Å². The smallest absolute Gasteiger partial charge is 0.115 e. The van der Waals surface area contributed by atoms with E-state index in [1.807, 2.05) is 12.1 Å². The van der Waals surface area contributed by atoms with E-state index >= 15 is 0 Å². The van der Waals surface area contributed by atoms with Gasteiger partial charge >= 0.3 is 0 Å². The van der Waals surface area contributed by atoms with Crippen LogP contribution in [0.5, 0.6) is 5.75 Å². The molecule has 0 spiro atoms. The van der Waals surface area contributed by atoms with Crippen LogP contribution in [-0.4, -0.2) is 11.1 Å². The van der Waals surface area contributed by atoms with Crippen molar-refractivity contribution in [2.24, 2.45) is 5.92 Å². The molecule has 0 heterocycles. The van der Waals surface area contributed by atoms with E-state index in [2.05, 4.69) is 19.2 Å². The maximum absolute atomic E-state index is 9.30. The molecule has 2 N–H and O–H groups in total. The number of rotatable bonds is 4. The Morgan fingerprint density at radius 1 is 1.06 bits per heavy atom. The summed E-state index contributed by atoms with van der Waals surface area (Å²) in [6, 6.07) is 8.45. The average molecular weight is 247 g/mol. The minimum Gasteiger partial charge on any atom is -0.508 e. The van der Waals surface area contributed by atoms with Gasteiger partial charge in [-0.1, -0.05) is 31.4 Å². The van der Waals surface area contributed by atoms with Crippen LogP contribution in [0.3, 0.4) is 0 Å². The third kappa shape index (κ3) is 3.49. The molecule has 1 aliphatic rings. The van der Waals surface area contributed by atoms with Gasteiger partial charge in [-0.05, 0) is 50.3 Å². The zero-order valence-corrected chi connectivity index (χ0v) is 11.5. The fourth-order valence-electron chi connectivity index (χ4n) is 3.02. The Balaban J connectivity index is 1.89. The molecule has 1 unspecified atom stereocenters. The summed E-state index contributed by atoms with van der Waals surface area (Å²) in [6.07, 6.45) is 6.94. The van der Waals surface area contributed by atoms with E-state index in [0.717, 1.165) is 5.92 Å². The summed E-state index contributed by atoms with van der Waals surface area (Å²) in [5.74, 6) is 1.17. The Hall–Kier alpha value is -1.02. The molecular weight excluding hydrogens is 222 g/mol. The molecule has 0 aromatic heterocycles. The lowest BCUT2D eigenvalue weighted by atomic mass is 9.84. The van der Waals surface area contributed by atoms with Crippen molar-refractivity contribution in [2.75, 3.05) is 0 Å². The topological polar surface area (TPSA) is 32.3 Å². The highest BCUT2D eigenvalue weighted by molar-refractivity contribution is 5.27. The van der Waals surface area contributed by atoms with Crippen LogP contribution >= 0.6 is 0 Å². The molecule has 1 saturated carbocycles. The van der Waals surface area contributed by atoms with E-state index in [1.165, 1.54) is 37.7 Å². The molecule has 1 aromatic carbocycles. The quantitative estimate of drug-likeness (QED) is 0.842. The summed E-state index contributed by atoms with van der Waals surface area (Å²) >= 11 is 0. The lowest BCUT2D eigenvalue weighted by molar-refractivity contribution is 0.268. The Labute approximate surface area is 110 Å². The lowest BCUT2D eigenvalue weighted by Gasteiger charge is -2.30. The summed E-state index contributed by atoms with van der Waals surface area (Å²) in [4.78, 5) is 0. The Kier molecular flexibility index (Phi) is 4.65. The van der Waals surface area contributed by atoms with Crippen LogP contribution in [0.15, 0.2) is 24.3 Å². The predicted octanol–water partition coefficient (Wildman–Crippen LogP) is 4.01. The highest BCUT2D eigenvalue weighted by atomic mass is 16.3. The first-order valence-electron chi connectivity index (χ1n) is 7.22. The summed E-state index contributed by atoms with van der Waals surface area (Å²) in [5.41, 5.74) is 1.25. The number of hydrogen-bond acceptors (Lipinski definition) is 2. The van der Waals surface area contributed by atoms with Crippen LogP contribution in [0.25, 0.3) is 0 Å². The van der Waals surface area contributed by atoms with Crippen molar-refractivity contribution in [3.63, 3.8) is 0 Å². The predicted molar refractivity (Wildman–Crippen MR) is 75.7 cm³/mol. The molecule has 0 saturated heterocycles. The van der Waals surface area contributed by atoms with Gasteiger partial charge in [0.05, 0.1) is 0 Å². The van der Waals surface area contributed by atoms with Gasteiger partial charge in [-0.15, -0.1) is 0 Å². The maximum Gasteiger partial charge on any atom is 0.115 e. The highest BCUT2D eigenvalue weighted by Gasteiger charge is 2.21. The van der Waals surface area contributed by atoms with Crippen LogP contribution in [0.4, 0.5) is 0 Å². The molecule has 2 nitrogen and oxygen atoms in total. The number of phenols is 1. The summed E-state index contributed by atoms with van der Waals surface area (Å²) in [5, 5.41) is 13.0. The molecule has 0 radical (unpaired) electrons. The van der Waals surface area contributed by atoms with Crippen molar-refractivity contribution in [1.29, 1.82) is 0 Å². The Morgan fingerprint density at radius 3 is 2.28 bits per heavy atom. The van der Waals surface area contributed by atoms with Gasteiger partial charge < -0.3 is 10.4 Å². The van der Waals surface area contributed by atoms with E-state index in [-0.39, 0.29) is 0 Å². The van der Waals surface area contributed by atoms with Gasteiger partial charge in [0.15, 0.2) is 0 Å². The van der Waals surface area contributed by atoms with Crippen LogP contribution in [-0.2, 0) is 0 Å². The van der Waals surface area contributed by atoms with E-state index < -0.39 is 0 Å². The number of phenolic OH excluding ortho intramolecular Hbond substituents is 1. The first-order valence-corrected chi connectivity index (χ1v) is 7.22. The first kappa shape index (κ1) is 13.4. The SMILES string of the molecule is CC(N[C@H](C)C1CCCCC1)c1ccc(O)cc1. The van der Waals surface area contributed by atoms with Crippen LogP contribution in [0, 0.1) is 5.92 Å². The monoisotopic (exact) mass is 247 g/mol. The summed E-state index contributed by atoms with van der Waals surface area (Å²) in [7, 11) is 0. The summed E-state index contributed by atoms with van der Waals surface area (Å²) in [6.45, 7) is 4.51. The third-order valence-electron chi connectivity index (χ3n) is 4.26. The maximum atomic E-state index is 9.30. The van der Waals surface area contributed by atoms with Crippen molar-refractivity contribution in [1.82, 2.24) is 5.32 Å². The van der Waals surface area contributed by atoms with Gasteiger partial charge in [0.2, 0.25) is 0 Å². The molecule has 1 fully saturated rings. The fraction of sp³-hybridized carbons (Fsp3) is 0.625. The molecule has 18 heavy (non-hydrogen) atoms. The second kappa shape index (κ2) is 6.24. The summed E-state index contributed by atoms with van der Waals surface area (Å²) < 4.78 is 0. The number of nitrogens with one attached hydrogen (secondary N) is 1. The highest BCUT2D eigenvalue weighted by Crippen LogP contribution is 2.27. The number of benzene rings is 1. The van der Waals surface area contributed by atoms with Crippen molar-refractivity contribution in [2.45, 2.75) is 58.0 Å². The van der Waals surface area contributed by atoms with Gasteiger partial charge in [-0.2, -0.15) is 0 Å². The molecule has 100 valence electrons. The van der Waals surface area contributed by atoms with E-state index in [1.54, 1.807) is 12.1 Å². The molecule has 2 heteroatoms. The van der Waals surface area contributed by atoms with Crippen molar-refractivity contribution in [3.05, 3.63) is 29.8 Å². The van der Waals surface area contributed by atoms with E-state index in [9.17, 15) is 5.11 Å². The standard InChI is InChI=1S/C16H25NO/c1-12(14-6-4-3-5-7-14)17-13(2)15-8-10-16(18)11-9-15/h8-14,17-18H,3-7H2,1-2H3/t12-,13?/m1/s1. The van der Waals surface area contributed by atoms with E-state index in [0.29, 0.717) is 17.8 Å². The Bertz CT molecular complexity index is 354. The van der Waals surface area contributed by atoms with Crippen molar-refractivity contribution in [3.8, 4) is 5.75 Å². The molecule has 2 atom stereocenters. The molecule has 2 rings (SSSR count). The molecule has 1 aromatic rings. The first-order chi connectivity index (χ1) is 8.66. The second-order valence-electron chi connectivity index (χ2n) is 5.67. The molecule has 0 aliphatic heterocycles. The number of aromatic hydroxyl groups is 1. The van der Waals surface area contributed by atoms with Crippen LogP contribution in [0.1, 0.15) is 57.6 Å². The largest absolute Gasteiger partial charge is 0.508 e. The molecular formula is C16H25NO. The molecule has 1 aliphatic carbocycles. The zero-order valence-electron chi connectivity index (χ0n) is 11.5. The minimum absolute atomic E-state index is 0.339. The second-order valence-corrected chi connectivity index (χ2v) is 5.67. The Morgan fingerprint density at radius 2 is 1.67 bits per heavy atom. The van der Waals surface area contributed by atoms with Crippen LogP contribution in [0.2, 0.25) is 0 Å².